The van der Waals surface area contributed by atoms with Gasteiger partial charge in [0.25, 0.3) is 5.91 Å². The highest BCUT2D eigenvalue weighted by atomic mass is 32.1. The summed E-state index contributed by atoms with van der Waals surface area (Å²) in [6.07, 6.45) is 1.54. The van der Waals surface area contributed by atoms with Gasteiger partial charge in [-0.25, -0.2) is 0 Å². The van der Waals surface area contributed by atoms with Crippen molar-refractivity contribution < 1.29 is 4.79 Å². The van der Waals surface area contributed by atoms with Crippen molar-refractivity contribution in [1.82, 2.24) is 29.6 Å². The Morgan fingerprint density at radius 3 is 2.66 bits per heavy atom. The maximum absolute atomic E-state index is 13.1. The van der Waals surface area contributed by atoms with E-state index in [0.717, 1.165) is 30.8 Å². The first-order valence-corrected chi connectivity index (χ1v) is 10.5. The van der Waals surface area contributed by atoms with Crippen LogP contribution in [0.15, 0.2) is 59.6 Å². The number of hydrogen-bond acceptors (Lipinski definition) is 6. The summed E-state index contributed by atoms with van der Waals surface area (Å²) >= 11 is 1.61. The van der Waals surface area contributed by atoms with E-state index >= 15 is 0 Å². The van der Waals surface area contributed by atoms with Gasteiger partial charge in [0.15, 0.2) is 5.65 Å². The van der Waals surface area contributed by atoms with Crippen molar-refractivity contribution in [3.63, 3.8) is 0 Å². The molecular weight excluding hydrogens is 384 g/mol. The molecule has 5 rings (SSSR count). The van der Waals surface area contributed by atoms with Crippen molar-refractivity contribution in [1.29, 1.82) is 0 Å². The van der Waals surface area contributed by atoms with Gasteiger partial charge in [-0.05, 0) is 34.0 Å². The lowest BCUT2D eigenvalue weighted by Gasteiger charge is -2.34. The second kappa shape index (κ2) is 7.73. The fourth-order valence-corrected chi connectivity index (χ4v) is 4.33. The van der Waals surface area contributed by atoms with Gasteiger partial charge in [-0.2, -0.15) is 21.0 Å². The molecule has 1 saturated heterocycles. The lowest BCUT2D eigenvalue weighted by atomic mass is 10.1. The highest BCUT2D eigenvalue weighted by molar-refractivity contribution is 7.08. The third-order valence-electron chi connectivity index (χ3n) is 5.23. The molecule has 3 aromatic heterocycles. The molecule has 1 amide bonds. The quantitative estimate of drug-likeness (QED) is 0.523. The summed E-state index contributed by atoms with van der Waals surface area (Å²) in [6, 6.07) is 14.3. The smallest absolute Gasteiger partial charge is 0.274 e. The van der Waals surface area contributed by atoms with Gasteiger partial charge < -0.3 is 4.90 Å². The van der Waals surface area contributed by atoms with Gasteiger partial charge in [0.05, 0.1) is 0 Å². The molecule has 1 fully saturated rings. The normalized spacial score (nSPS) is 15.1. The third kappa shape index (κ3) is 3.64. The first-order chi connectivity index (χ1) is 14.3. The molecule has 0 aliphatic carbocycles. The number of amides is 1. The zero-order valence-corrected chi connectivity index (χ0v) is 16.6. The van der Waals surface area contributed by atoms with Crippen LogP contribution < -0.4 is 0 Å². The van der Waals surface area contributed by atoms with Crippen molar-refractivity contribution in [3.8, 4) is 11.1 Å². The Hall–Kier alpha value is -3.10. The van der Waals surface area contributed by atoms with Crippen LogP contribution in [0.4, 0.5) is 0 Å². The number of fused-ring (bicyclic) bond motifs is 1. The zero-order chi connectivity index (χ0) is 19.6. The van der Waals surface area contributed by atoms with Gasteiger partial charge in [-0.3, -0.25) is 9.69 Å². The summed E-state index contributed by atoms with van der Waals surface area (Å²) < 4.78 is 1.59. The van der Waals surface area contributed by atoms with E-state index in [1.54, 1.807) is 22.2 Å². The van der Waals surface area contributed by atoms with E-state index in [-0.39, 0.29) is 5.91 Å². The fraction of sp³-hybridized carbons (Fsp3) is 0.238. The number of benzene rings is 1. The molecule has 4 aromatic rings. The van der Waals surface area contributed by atoms with Crippen LogP contribution in [0.25, 0.3) is 16.8 Å². The molecule has 0 radical (unpaired) electrons. The van der Waals surface area contributed by atoms with Gasteiger partial charge in [-0.1, -0.05) is 30.3 Å². The molecule has 1 aliphatic heterocycles. The van der Waals surface area contributed by atoms with Crippen LogP contribution >= 0.6 is 11.3 Å². The largest absolute Gasteiger partial charge is 0.335 e. The summed E-state index contributed by atoms with van der Waals surface area (Å²) in [5.41, 5.74) is 4.29. The molecule has 4 heterocycles. The number of thiophene rings is 1. The molecule has 8 heteroatoms. The Labute approximate surface area is 172 Å². The van der Waals surface area contributed by atoms with Crippen LogP contribution in [0, 0.1) is 0 Å². The lowest BCUT2D eigenvalue weighted by Crippen LogP contribution is -2.48. The van der Waals surface area contributed by atoms with E-state index in [9.17, 15) is 4.79 Å². The number of piperazine rings is 1. The van der Waals surface area contributed by atoms with Crippen LogP contribution in [-0.4, -0.2) is 61.7 Å². The molecule has 0 spiro atoms. The highest BCUT2D eigenvalue weighted by Gasteiger charge is 2.24. The summed E-state index contributed by atoms with van der Waals surface area (Å²) in [5, 5.41) is 16.6. The number of carbonyl (C=O) groups excluding carboxylic acids is 1. The van der Waals surface area contributed by atoms with E-state index < -0.39 is 0 Å². The Balaban J connectivity index is 1.33. The van der Waals surface area contributed by atoms with Crippen molar-refractivity contribution in [2.24, 2.45) is 0 Å². The van der Waals surface area contributed by atoms with Crippen LogP contribution in [0.1, 0.15) is 16.1 Å². The number of aromatic nitrogens is 4. The summed E-state index contributed by atoms with van der Waals surface area (Å²) in [5.74, 6) is -0.0450. The van der Waals surface area contributed by atoms with Gasteiger partial charge in [0, 0.05) is 38.3 Å². The number of carbonyl (C=O) groups is 1. The highest BCUT2D eigenvalue weighted by Crippen LogP contribution is 2.26. The molecule has 146 valence electrons. The van der Waals surface area contributed by atoms with E-state index in [4.69, 9.17) is 0 Å². The lowest BCUT2D eigenvalue weighted by molar-refractivity contribution is 0.0621. The van der Waals surface area contributed by atoms with Crippen LogP contribution in [0.5, 0.6) is 0 Å². The zero-order valence-electron chi connectivity index (χ0n) is 15.8. The molecule has 29 heavy (non-hydrogen) atoms. The molecule has 0 saturated carbocycles. The number of rotatable bonds is 4. The monoisotopic (exact) mass is 404 g/mol. The minimum atomic E-state index is -0.0450. The fourth-order valence-electron chi connectivity index (χ4n) is 3.67. The number of hydrogen-bond donors (Lipinski definition) is 0. The van der Waals surface area contributed by atoms with Crippen molar-refractivity contribution in [2.75, 3.05) is 26.2 Å². The van der Waals surface area contributed by atoms with Gasteiger partial charge in [0.1, 0.15) is 12.0 Å². The predicted molar refractivity (Wildman–Crippen MR) is 112 cm³/mol. The topological polar surface area (TPSA) is 66.6 Å². The minimum Gasteiger partial charge on any atom is -0.335 e. The third-order valence-corrected chi connectivity index (χ3v) is 5.91. The summed E-state index contributed by atoms with van der Waals surface area (Å²) in [4.78, 5) is 17.4. The van der Waals surface area contributed by atoms with Gasteiger partial charge in [-0.15, -0.1) is 10.2 Å². The number of nitrogens with zero attached hydrogens (tertiary/aromatic N) is 6. The Morgan fingerprint density at radius 2 is 1.90 bits per heavy atom. The first-order valence-electron chi connectivity index (χ1n) is 9.57. The maximum atomic E-state index is 13.1. The molecule has 1 aliphatic rings. The average molecular weight is 404 g/mol. The van der Waals surface area contributed by atoms with E-state index in [1.165, 1.54) is 5.56 Å². The minimum absolute atomic E-state index is 0.0450. The van der Waals surface area contributed by atoms with Crippen LogP contribution in [0.3, 0.4) is 0 Å². The second-order valence-electron chi connectivity index (χ2n) is 7.11. The Bertz CT molecular complexity index is 1120. The molecule has 0 atom stereocenters. The van der Waals surface area contributed by atoms with E-state index in [1.807, 2.05) is 33.9 Å². The molecule has 1 aromatic carbocycles. The Morgan fingerprint density at radius 1 is 1.07 bits per heavy atom. The van der Waals surface area contributed by atoms with Crippen molar-refractivity contribution in [2.45, 2.75) is 6.54 Å². The summed E-state index contributed by atoms with van der Waals surface area (Å²) in [7, 11) is 0. The molecule has 0 unspecified atom stereocenters. The molecule has 0 N–H and O–H groups in total. The van der Waals surface area contributed by atoms with Crippen LogP contribution in [-0.2, 0) is 6.54 Å². The Kier molecular flexibility index (Phi) is 4.79. The molecular formula is C21H20N6OS. The maximum Gasteiger partial charge on any atom is 0.274 e. The summed E-state index contributed by atoms with van der Waals surface area (Å²) in [6.45, 7) is 4.01. The SMILES string of the molecule is O=C(c1cc(-c2ccsc2)c2nncn2n1)N1CCN(Cc2ccccc2)CC1. The van der Waals surface area contributed by atoms with Crippen molar-refractivity contribution in [3.05, 3.63) is 70.8 Å². The second-order valence-corrected chi connectivity index (χ2v) is 7.89. The van der Waals surface area contributed by atoms with Gasteiger partial charge in [0.2, 0.25) is 0 Å². The first kappa shape index (κ1) is 18.0. The standard InChI is InChI=1S/C21H20N6OS/c28-21(26-9-7-25(8-10-26)13-16-4-2-1-3-5-16)19-12-18(17-6-11-29-14-17)20-23-22-15-27(20)24-19/h1-6,11-12,14-15H,7-10,13H2. The van der Waals surface area contributed by atoms with E-state index in [2.05, 4.69) is 44.5 Å². The van der Waals surface area contributed by atoms with Gasteiger partial charge >= 0.3 is 0 Å². The molecule has 0 bridgehead atoms. The predicted octanol–water partition coefficient (Wildman–Crippen LogP) is 2.81. The molecule has 7 nitrogen and oxygen atoms in total. The average Bonchev–Trinajstić information content (AvgIpc) is 3.46. The van der Waals surface area contributed by atoms with E-state index in [0.29, 0.717) is 24.4 Å². The van der Waals surface area contributed by atoms with Crippen molar-refractivity contribution >= 4 is 22.9 Å². The van der Waals surface area contributed by atoms with Crippen LogP contribution in [0.2, 0.25) is 0 Å².